The lowest BCUT2D eigenvalue weighted by atomic mass is 10.0. The van der Waals surface area contributed by atoms with Crippen LogP contribution in [-0.4, -0.2) is 0 Å². The SMILES string of the molecule is Fc1cc(Cl)c(C(Cl)c2cccc(I)c2)cc1F. The summed E-state index contributed by atoms with van der Waals surface area (Å²) in [6, 6.07) is 9.43. The fourth-order valence-electron chi connectivity index (χ4n) is 1.58. The molecule has 0 saturated carbocycles. The van der Waals surface area contributed by atoms with Gasteiger partial charge in [0.2, 0.25) is 0 Å². The molecular formula is C13H7Cl2F2I. The molecule has 0 amide bonds. The van der Waals surface area contributed by atoms with Gasteiger partial charge in [-0.3, -0.25) is 0 Å². The number of hydrogen-bond donors (Lipinski definition) is 0. The Morgan fingerprint density at radius 1 is 1.06 bits per heavy atom. The predicted molar refractivity (Wildman–Crippen MR) is 78.2 cm³/mol. The van der Waals surface area contributed by atoms with Crippen LogP contribution < -0.4 is 0 Å². The molecule has 2 aromatic rings. The highest BCUT2D eigenvalue weighted by atomic mass is 127. The second-order valence-electron chi connectivity index (χ2n) is 3.71. The Balaban J connectivity index is 2.46. The number of benzene rings is 2. The zero-order valence-electron chi connectivity index (χ0n) is 8.93. The van der Waals surface area contributed by atoms with Gasteiger partial charge in [-0.1, -0.05) is 23.7 Å². The molecule has 0 nitrogen and oxygen atoms in total. The minimum absolute atomic E-state index is 0.118. The largest absolute Gasteiger partial charge is 0.204 e. The number of halogens is 5. The van der Waals surface area contributed by atoms with Crippen LogP contribution in [0.5, 0.6) is 0 Å². The van der Waals surface area contributed by atoms with Crippen molar-refractivity contribution in [2.45, 2.75) is 5.38 Å². The normalized spacial score (nSPS) is 12.5. The van der Waals surface area contributed by atoms with Gasteiger partial charge in [-0.2, -0.15) is 0 Å². The van der Waals surface area contributed by atoms with E-state index in [1.54, 1.807) is 0 Å². The van der Waals surface area contributed by atoms with Crippen molar-refractivity contribution in [3.8, 4) is 0 Å². The fraction of sp³-hybridized carbons (Fsp3) is 0.0769. The monoisotopic (exact) mass is 398 g/mol. The van der Waals surface area contributed by atoms with Crippen molar-refractivity contribution in [1.29, 1.82) is 0 Å². The van der Waals surface area contributed by atoms with Crippen molar-refractivity contribution < 1.29 is 8.78 Å². The average molecular weight is 399 g/mol. The van der Waals surface area contributed by atoms with Gasteiger partial charge in [0, 0.05) is 8.59 Å². The van der Waals surface area contributed by atoms with Gasteiger partial charge in [0.05, 0.1) is 5.38 Å². The Labute approximate surface area is 127 Å². The second-order valence-corrected chi connectivity index (χ2v) is 5.79. The van der Waals surface area contributed by atoms with E-state index in [0.717, 1.165) is 21.3 Å². The molecule has 2 aromatic carbocycles. The molecule has 0 aliphatic heterocycles. The summed E-state index contributed by atoms with van der Waals surface area (Å²) in [4.78, 5) is 0. The molecular weight excluding hydrogens is 392 g/mol. The van der Waals surface area contributed by atoms with Gasteiger partial charge in [-0.15, -0.1) is 11.6 Å². The van der Waals surface area contributed by atoms with Crippen LogP contribution in [0.3, 0.4) is 0 Å². The third-order valence-electron chi connectivity index (χ3n) is 2.45. The van der Waals surface area contributed by atoms with Crippen molar-refractivity contribution in [1.82, 2.24) is 0 Å². The van der Waals surface area contributed by atoms with Crippen molar-refractivity contribution in [2.24, 2.45) is 0 Å². The molecule has 0 aromatic heterocycles. The van der Waals surface area contributed by atoms with Gasteiger partial charge in [0.15, 0.2) is 11.6 Å². The molecule has 0 saturated heterocycles. The Bertz CT molecular complexity index is 587. The fourth-order valence-corrected chi connectivity index (χ4v) is 2.77. The van der Waals surface area contributed by atoms with E-state index in [1.165, 1.54) is 0 Å². The molecule has 2 rings (SSSR count). The summed E-state index contributed by atoms with van der Waals surface area (Å²) in [6.45, 7) is 0. The van der Waals surface area contributed by atoms with Crippen LogP contribution >= 0.6 is 45.8 Å². The third kappa shape index (κ3) is 2.95. The molecule has 0 N–H and O–H groups in total. The van der Waals surface area contributed by atoms with Gasteiger partial charge in [0.1, 0.15) is 0 Å². The summed E-state index contributed by atoms with van der Waals surface area (Å²) in [5.41, 5.74) is 1.15. The first kappa shape index (κ1) is 14.0. The first-order valence-electron chi connectivity index (χ1n) is 5.03. The zero-order valence-corrected chi connectivity index (χ0v) is 12.6. The lowest BCUT2D eigenvalue weighted by molar-refractivity contribution is 0.507. The molecule has 0 bridgehead atoms. The predicted octanol–water partition coefficient (Wildman–Crippen LogP) is 5.55. The number of hydrogen-bond acceptors (Lipinski definition) is 0. The maximum Gasteiger partial charge on any atom is 0.160 e. The lowest BCUT2D eigenvalue weighted by Gasteiger charge is -2.13. The zero-order chi connectivity index (χ0) is 13.3. The highest BCUT2D eigenvalue weighted by Gasteiger charge is 2.17. The van der Waals surface area contributed by atoms with Crippen molar-refractivity contribution in [3.63, 3.8) is 0 Å². The minimum Gasteiger partial charge on any atom is -0.204 e. The Morgan fingerprint density at radius 2 is 1.72 bits per heavy atom. The van der Waals surface area contributed by atoms with E-state index in [0.29, 0.717) is 5.56 Å². The van der Waals surface area contributed by atoms with Gasteiger partial charge >= 0.3 is 0 Å². The van der Waals surface area contributed by atoms with Crippen LogP contribution in [0.1, 0.15) is 16.5 Å². The van der Waals surface area contributed by atoms with Gasteiger partial charge < -0.3 is 0 Å². The van der Waals surface area contributed by atoms with E-state index in [1.807, 2.05) is 24.3 Å². The smallest absolute Gasteiger partial charge is 0.160 e. The van der Waals surface area contributed by atoms with Crippen LogP contribution in [0.2, 0.25) is 5.02 Å². The van der Waals surface area contributed by atoms with Crippen LogP contribution in [-0.2, 0) is 0 Å². The van der Waals surface area contributed by atoms with E-state index in [2.05, 4.69) is 22.6 Å². The molecule has 18 heavy (non-hydrogen) atoms. The number of alkyl halides is 1. The average Bonchev–Trinajstić information content (AvgIpc) is 2.33. The Kier molecular flexibility index (Phi) is 4.45. The highest BCUT2D eigenvalue weighted by molar-refractivity contribution is 14.1. The molecule has 1 atom stereocenters. The van der Waals surface area contributed by atoms with Crippen LogP contribution in [0.25, 0.3) is 0 Å². The van der Waals surface area contributed by atoms with E-state index in [9.17, 15) is 8.78 Å². The van der Waals surface area contributed by atoms with Crippen LogP contribution in [0.4, 0.5) is 8.78 Å². The van der Waals surface area contributed by atoms with Gasteiger partial charge in [-0.25, -0.2) is 8.78 Å². The van der Waals surface area contributed by atoms with Gasteiger partial charge in [0.25, 0.3) is 0 Å². The topological polar surface area (TPSA) is 0 Å². The Morgan fingerprint density at radius 3 is 2.39 bits per heavy atom. The standard InChI is InChI=1S/C13H7Cl2F2I/c14-10-6-12(17)11(16)5-9(10)13(15)7-2-1-3-8(18)4-7/h1-6,13H. The molecule has 0 spiro atoms. The van der Waals surface area contributed by atoms with Crippen LogP contribution in [0, 0.1) is 15.2 Å². The minimum atomic E-state index is -0.977. The van der Waals surface area contributed by atoms with E-state index in [-0.39, 0.29) is 5.02 Å². The summed E-state index contributed by atoms with van der Waals surface area (Å²) >= 11 is 14.3. The first-order chi connectivity index (χ1) is 8.49. The summed E-state index contributed by atoms with van der Waals surface area (Å²) in [6.07, 6.45) is 0. The molecule has 0 heterocycles. The summed E-state index contributed by atoms with van der Waals surface area (Å²) in [7, 11) is 0. The van der Waals surface area contributed by atoms with Gasteiger partial charge in [-0.05, 0) is 58.0 Å². The lowest BCUT2D eigenvalue weighted by Crippen LogP contribution is -1.97. The molecule has 5 heteroatoms. The maximum absolute atomic E-state index is 13.2. The van der Waals surface area contributed by atoms with E-state index >= 15 is 0 Å². The molecule has 0 radical (unpaired) electrons. The molecule has 0 aliphatic carbocycles. The number of rotatable bonds is 2. The quantitative estimate of drug-likeness (QED) is 0.353. The summed E-state index contributed by atoms with van der Waals surface area (Å²) < 4.78 is 27.2. The van der Waals surface area contributed by atoms with Crippen molar-refractivity contribution in [2.75, 3.05) is 0 Å². The maximum atomic E-state index is 13.2. The van der Waals surface area contributed by atoms with E-state index in [4.69, 9.17) is 23.2 Å². The highest BCUT2D eigenvalue weighted by Crippen LogP contribution is 2.35. The molecule has 0 aliphatic rings. The second kappa shape index (κ2) is 5.72. The van der Waals surface area contributed by atoms with Crippen molar-refractivity contribution in [3.05, 3.63) is 67.8 Å². The molecule has 0 fully saturated rings. The summed E-state index contributed by atoms with van der Waals surface area (Å²) in [5.74, 6) is -1.93. The summed E-state index contributed by atoms with van der Waals surface area (Å²) in [5, 5.41) is -0.491. The molecule has 1 unspecified atom stereocenters. The van der Waals surface area contributed by atoms with Crippen LogP contribution in [0.15, 0.2) is 36.4 Å². The third-order valence-corrected chi connectivity index (χ3v) is 3.94. The first-order valence-corrected chi connectivity index (χ1v) is 6.92. The van der Waals surface area contributed by atoms with Crippen molar-refractivity contribution >= 4 is 45.8 Å². The molecule has 94 valence electrons. The Hall–Kier alpha value is -0.390. The van der Waals surface area contributed by atoms with E-state index < -0.39 is 17.0 Å².